The highest BCUT2D eigenvalue weighted by atomic mass is 15.2. The van der Waals surface area contributed by atoms with Gasteiger partial charge in [-0.2, -0.15) is 0 Å². The Kier molecular flexibility index (Phi) is 12.8. The molecule has 2 heterocycles. The first-order valence-electron chi connectivity index (χ1n) is 28.7. The quantitative estimate of drug-likeness (QED) is 0.119. The summed E-state index contributed by atoms with van der Waals surface area (Å²) in [4.78, 5) is 5.34. The molecule has 386 valence electrons. The Morgan fingerprint density at radius 3 is 0.951 bits per heavy atom. The molecule has 0 fully saturated rings. The molecule has 2 nitrogen and oxygen atoms in total. The monoisotopic (exact) mass is 1040 g/mol. The Hall–Kier alpha value is -9.70. The van der Waals surface area contributed by atoms with Crippen molar-refractivity contribution in [3.05, 3.63) is 296 Å². The molecule has 12 aromatic carbocycles. The Balaban J connectivity index is 1.19. The van der Waals surface area contributed by atoms with Crippen LogP contribution in [-0.2, 0) is 0 Å². The predicted octanol–water partition coefficient (Wildman–Crippen LogP) is 19.7. The van der Waals surface area contributed by atoms with Crippen molar-refractivity contribution >= 4 is 57.2 Å². The standard InChI is InChI=1S/C78H61BN2/c1-52(2)60-41-44-64(69(47-60)53(3)4)63-50-74-76-75(51-63)81(78-67(58-33-19-9-20-34-58)39-24-40-68(78)59-35-21-10-22-36-59)73-49-62(55-27-13-6-14-28-55)43-46-71(73)79(76)70-45-42-61(54-25-11-5-12-26-54)48-72(70)80(74)77-65(56-29-15-7-16-30-56)37-23-38-66(77)57-31-17-8-18-32-57/h5-53H,1-4H3. The van der Waals surface area contributed by atoms with E-state index < -0.39 is 0 Å². The molecule has 0 saturated carbocycles. The van der Waals surface area contributed by atoms with E-state index in [1.54, 1.807) is 0 Å². The second-order valence-electron chi connectivity index (χ2n) is 22.3. The normalized spacial score (nSPS) is 12.3. The fourth-order valence-corrected chi connectivity index (χ4v) is 12.9. The van der Waals surface area contributed by atoms with E-state index in [1.807, 2.05) is 0 Å². The van der Waals surface area contributed by atoms with Crippen molar-refractivity contribution in [3.63, 3.8) is 0 Å². The Labute approximate surface area is 478 Å². The van der Waals surface area contributed by atoms with E-state index in [2.05, 4.69) is 323 Å². The van der Waals surface area contributed by atoms with Gasteiger partial charge in [-0.3, -0.25) is 0 Å². The van der Waals surface area contributed by atoms with Crippen molar-refractivity contribution < 1.29 is 0 Å². The zero-order valence-corrected chi connectivity index (χ0v) is 46.3. The minimum Gasteiger partial charge on any atom is -0.310 e. The average Bonchev–Trinajstić information content (AvgIpc) is 3.13. The number of anilines is 6. The number of nitrogens with zero attached hydrogens (tertiary/aromatic N) is 2. The van der Waals surface area contributed by atoms with Gasteiger partial charge in [0.1, 0.15) is 0 Å². The summed E-state index contributed by atoms with van der Waals surface area (Å²) < 4.78 is 0. The van der Waals surface area contributed by atoms with Crippen molar-refractivity contribution in [2.75, 3.05) is 9.80 Å². The maximum Gasteiger partial charge on any atom is 0.252 e. The van der Waals surface area contributed by atoms with Gasteiger partial charge in [0.2, 0.25) is 0 Å². The van der Waals surface area contributed by atoms with Gasteiger partial charge in [-0.05, 0) is 119 Å². The van der Waals surface area contributed by atoms with Gasteiger partial charge < -0.3 is 9.80 Å². The van der Waals surface area contributed by atoms with Gasteiger partial charge >= 0.3 is 0 Å². The molecule has 0 aliphatic carbocycles. The summed E-state index contributed by atoms with van der Waals surface area (Å²) in [5.74, 6) is 0.650. The van der Waals surface area contributed by atoms with Gasteiger partial charge in [-0.25, -0.2) is 0 Å². The van der Waals surface area contributed by atoms with Crippen LogP contribution in [0, 0.1) is 0 Å². The molecule has 0 radical (unpaired) electrons. The molecule has 0 unspecified atom stereocenters. The maximum atomic E-state index is 2.67. The first-order valence-corrected chi connectivity index (χ1v) is 28.7. The first-order chi connectivity index (χ1) is 39.9. The highest BCUT2D eigenvalue weighted by Gasteiger charge is 2.45. The van der Waals surface area contributed by atoms with Gasteiger partial charge in [0.25, 0.3) is 6.71 Å². The molecule has 0 saturated heterocycles. The zero-order valence-electron chi connectivity index (χ0n) is 46.3. The third-order valence-electron chi connectivity index (χ3n) is 16.8. The summed E-state index contributed by atoms with van der Waals surface area (Å²) in [5.41, 5.74) is 29.9. The van der Waals surface area contributed by atoms with Crippen LogP contribution in [0.2, 0.25) is 0 Å². The lowest BCUT2D eigenvalue weighted by Gasteiger charge is -2.46. The van der Waals surface area contributed by atoms with Crippen molar-refractivity contribution in [2.24, 2.45) is 0 Å². The van der Waals surface area contributed by atoms with E-state index >= 15 is 0 Å². The van der Waals surface area contributed by atoms with Crippen LogP contribution in [0.3, 0.4) is 0 Å². The summed E-state index contributed by atoms with van der Waals surface area (Å²) in [6.45, 7) is 9.18. The van der Waals surface area contributed by atoms with Crippen LogP contribution in [0.5, 0.6) is 0 Å². The van der Waals surface area contributed by atoms with Crippen LogP contribution in [-0.4, -0.2) is 6.71 Å². The Morgan fingerprint density at radius 2 is 0.605 bits per heavy atom. The number of hydrogen-bond acceptors (Lipinski definition) is 2. The van der Waals surface area contributed by atoms with E-state index in [1.165, 1.54) is 60.9 Å². The molecule has 2 aliphatic heterocycles. The van der Waals surface area contributed by atoms with Gasteiger partial charge in [-0.1, -0.05) is 289 Å². The van der Waals surface area contributed by atoms with Crippen molar-refractivity contribution in [3.8, 4) is 77.9 Å². The SMILES string of the molecule is CC(C)c1ccc(-c2cc3c4c(c2)N(c2c(-c5ccccc5)cccc2-c2ccccc2)c2cc(-c5ccccc5)ccc2B4c2ccc(-c4ccccc4)cc2N3c2c(-c3ccccc3)cccc2-c2ccccc2)c(C(C)C)c1. The molecule has 0 spiro atoms. The maximum absolute atomic E-state index is 2.67. The summed E-state index contributed by atoms with van der Waals surface area (Å²) in [6, 6.07) is 107. The fourth-order valence-electron chi connectivity index (χ4n) is 12.9. The lowest BCUT2D eigenvalue weighted by atomic mass is 9.33. The molecule has 12 aromatic rings. The van der Waals surface area contributed by atoms with Gasteiger partial charge in [0.15, 0.2) is 0 Å². The minimum absolute atomic E-state index is 0.141. The van der Waals surface area contributed by atoms with Crippen molar-refractivity contribution in [1.82, 2.24) is 0 Å². The lowest BCUT2D eigenvalue weighted by molar-refractivity contribution is 0.835. The second kappa shape index (κ2) is 20.8. The summed E-state index contributed by atoms with van der Waals surface area (Å²) in [6.07, 6.45) is 0. The highest BCUT2D eigenvalue weighted by molar-refractivity contribution is 7.00. The third-order valence-corrected chi connectivity index (χ3v) is 16.8. The summed E-state index contributed by atoms with van der Waals surface area (Å²) in [7, 11) is 0. The van der Waals surface area contributed by atoms with E-state index in [-0.39, 0.29) is 12.6 Å². The molecule has 81 heavy (non-hydrogen) atoms. The largest absolute Gasteiger partial charge is 0.310 e. The molecular weight excluding hydrogens is 976 g/mol. The van der Waals surface area contributed by atoms with Crippen LogP contribution in [0.4, 0.5) is 34.1 Å². The smallest absolute Gasteiger partial charge is 0.252 e. The molecule has 0 bridgehead atoms. The zero-order chi connectivity index (χ0) is 54.6. The molecule has 2 aliphatic rings. The molecule has 3 heteroatoms. The summed E-state index contributed by atoms with van der Waals surface area (Å²) >= 11 is 0. The lowest BCUT2D eigenvalue weighted by Crippen LogP contribution is -2.61. The third kappa shape index (κ3) is 8.78. The van der Waals surface area contributed by atoms with Crippen molar-refractivity contribution in [2.45, 2.75) is 39.5 Å². The second-order valence-corrected chi connectivity index (χ2v) is 22.3. The Bertz CT molecular complexity index is 3910. The highest BCUT2D eigenvalue weighted by Crippen LogP contribution is 2.54. The number of para-hydroxylation sites is 2. The molecule has 0 aromatic heterocycles. The van der Waals surface area contributed by atoms with Crippen molar-refractivity contribution in [1.29, 1.82) is 0 Å². The van der Waals surface area contributed by atoms with Crippen LogP contribution in [0.15, 0.2) is 285 Å². The first kappa shape index (κ1) is 49.6. The molecule has 0 amide bonds. The van der Waals surface area contributed by atoms with Crippen LogP contribution in [0.1, 0.15) is 50.7 Å². The van der Waals surface area contributed by atoms with Gasteiger partial charge in [0, 0.05) is 45.0 Å². The molecule has 0 N–H and O–H groups in total. The number of benzene rings is 12. The fraction of sp³-hybridized carbons (Fsp3) is 0.0769. The van der Waals surface area contributed by atoms with Crippen LogP contribution in [0.25, 0.3) is 77.9 Å². The molecular formula is C78H61BN2. The van der Waals surface area contributed by atoms with Gasteiger partial charge in [0.05, 0.1) is 11.4 Å². The number of rotatable bonds is 11. The molecule has 14 rings (SSSR count). The predicted molar refractivity (Wildman–Crippen MR) is 347 cm³/mol. The van der Waals surface area contributed by atoms with Crippen LogP contribution < -0.4 is 26.2 Å². The average molecular weight is 1040 g/mol. The van der Waals surface area contributed by atoms with Crippen LogP contribution >= 0.6 is 0 Å². The van der Waals surface area contributed by atoms with Gasteiger partial charge in [-0.15, -0.1) is 0 Å². The number of fused-ring (bicyclic) bond motifs is 4. The minimum atomic E-state index is -0.141. The van der Waals surface area contributed by atoms with E-state index in [9.17, 15) is 0 Å². The molecule has 0 atom stereocenters. The summed E-state index contributed by atoms with van der Waals surface area (Å²) in [5, 5.41) is 0. The van der Waals surface area contributed by atoms with E-state index in [0.717, 1.165) is 78.6 Å². The van der Waals surface area contributed by atoms with E-state index in [4.69, 9.17) is 0 Å². The topological polar surface area (TPSA) is 6.48 Å². The van der Waals surface area contributed by atoms with E-state index in [0.29, 0.717) is 5.92 Å². The Morgan fingerprint density at radius 1 is 0.259 bits per heavy atom. The number of hydrogen-bond donors (Lipinski definition) is 0.